The van der Waals surface area contributed by atoms with E-state index in [2.05, 4.69) is 5.48 Å². The van der Waals surface area contributed by atoms with Crippen molar-refractivity contribution < 1.29 is 13.8 Å². The van der Waals surface area contributed by atoms with Gasteiger partial charge in [-0.3, -0.25) is 4.21 Å². The topological polar surface area (TPSA) is 55.4 Å². The predicted molar refractivity (Wildman–Crippen MR) is 112 cm³/mol. The molecule has 0 aliphatic carbocycles. The molecule has 1 N–H and O–H groups in total. The van der Waals surface area contributed by atoms with Gasteiger partial charge < -0.3 is 4.84 Å². The van der Waals surface area contributed by atoms with Crippen LogP contribution >= 0.6 is 0 Å². The standard InChI is InChI=1S/C23H23NO3S/c1-18(19-11-5-2-6-12-19)24-27-22(25)17-28(26)23(20-13-7-3-8-14-20)21-15-9-4-10-16-21/h2-16,18,23-24H,17H2,1H3. The number of rotatable bonds is 8. The first-order valence-corrected chi connectivity index (χ1v) is 10.5. The summed E-state index contributed by atoms with van der Waals surface area (Å²) in [5.41, 5.74) is 5.56. The van der Waals surface area contributed by atoms with Crippen LogP contribution in [0.15, 0.2) is 91.0 Å². The minimum absolute atomic E-state index is 0.155. The molecular formula is C23H23NO3S. The van der Waals surface area contributed by atoms with Gasteiger partial charge in [0, 0.05) is 10.8 Å². The number of carbonyl (C=O) groups is 1. The fraction of sp³-hybridized carbons (Fsp3) is 0.174. The average Bonchev–Trinajstić information content (AvgIpc) is 2.74. The zero-order chi connectivity index (χ0) is 19.8. The third kappa shape index (κ3) is 5.38. The van der Waals surface area contributed by atoms with Crippen molar-refractivity contribution in [1.82, 2.24) is 5.48 Å². The van der Waals surface area contributed by atoms with E-state index in [1.807, 2.05) is 97.9 Å². The Kier molecular flexibility index (Phi) is 7.12. The summed E-state index contributed by atoms with van der Waals surface area (Å²) in [6.07, 6.45) is 0. The summed E-state index contributed by atoms with van der Waals surface area (Å²) in [7, 11) is -1.46. The van der Waals surface area contributed by atoms with Gasteiger partial charge in [-0.2, -0.15) is 0 Å². The largest absolute Gasteiger partial charge is 0.369 e. The van der Waals surface area contributed by atoms with E-state index in [0.717, 1.165) is 16.7 Å². The Labute approximate surface area is 168 Å². The smallest absolute Gasteiger partial charge is 0.337 e. The molecule has 0 radical (unpaired) electrons. The van der Waals surface area contributed by atoms with Gasteiger partial charge in [0.1, 0.15) is 5.75 Å². The van der Waals surface area contributed by atoms with E-state index in [0.29, 0.717) is 0 Å². The van der Waals surface area contributed by atoms with Crippen LogP contribution in [0.5, 0.6) is 0 Å². The summed E-state index contributed by atoms with van der Waals surface area (Å²) < 4.78 is 13.1. The Morgan fingerprint density at radius 1 is 0.821 bits per heavy atom. The van der Waals surface area contributed by atoms with Gasteiger partial charge in [-0.1, -0.05) is 91.0 Å². The second-order valence-corrected chi connectivity index (χ2v) is 7.97. The van der Waals surface area contributed by atoms with Crippen LogP contribution < -0.4 is 5.48 Å². The lowest BCUT2D eigenvalue weighted by Crippen LogP contribution is -2.27. The van der Waals surface area contributed by atoms with Crippen LogP contribution in [-0.4, -0.2) is 15.9 Å². The van der Waals surface area contributed by atoms with Gasteiger partial charge >= 0.3 is 5.97 Å². The summed E-state index contributed by atoms with van der Waals surface area (Å²) >= 11 is 0. The van der Waals surface area contributed by atoms with E-state index < -0.39 is 16.8 Å². The van der Waals surface area contributed by atoms with Crippen molar-refractivity contribution in [3.8, 4) is 0 Å². The van der Waals surface area contributed by atoms with Crippen molar-refractivity contribution in [2.24, 2.45) is 0 Å². The molecule has 0 saturated carbocycles. The van der Waals surface area contributed by atoms with Gasteiger partial charge in [0.15, 0.2) is 0 Å². The second kappa shape index (κ2) is 9.97. The molecule has 3 rings (SSSR count). The van der Waals surface area contributed by atoms with E-state index in [9.17, 15) is 9.00 Å². The molecule has 0 amide bonds. The molecule has 4 nitrogen and oxygen atoms in total. The molecule has 2 atom stereocenters. The van der Waals surface area contributed by atoms with Crippen molar-refractivity contribution in [1.29, 1.82) is 0 Å². The highest BCUT2D eigenvalue weighted by Gasteiger charge is 2.24. The van der Waals surface area contributed by atoms with E-state index in [1.165, 1.54) is 0 Å². The van der Waals surface area contributed by atoms with Crippen molar-refractivity contribution in [2.75, 3.05) is 5.75 Å². The Bertz CT molecular complexity index is 861. The molecule has 3 aromatic rings. The normalized spacial score (nSPS) is 13.1. The number of benzene rings is 3. The molecule has 0 spiro atoms. The molecule has 5 heteroatoms. The zero-order valence-electron chi connectivity index (χ0n) is 15.7. The third-order valence-electron chi connectivity index (χ3n) is 4.38. The molecule has 0 aromatic heterocycles. The molecule has 0 heterocycles. The number of carbonyl (C=O) groups excluding carboxylic acids is 1. The van der Waals surface area contributed by atoms with Crippen LogP contribution in [0.25, 0.3) is 0 Å². The Balaban J connectivity index is 1.66. The van der Waals surface area contributed by atoms with Crippen LogP contribution in [0.3, 0.4) is 0 Å². The van der Waals surface area contributed by atoms with Crippen molar-refractivity contribution in [3.05, 3.63) is 108 Å². The number of nitrogens with one attached hydrogen (secondary N) is 1. The zero-order valence-corrected chi connectivity index (χ0v) is 16.5. The minimum atomic E-state index is -1.46. The summed E-state index contributed by atoms with van der Waals surface area (Å²) in [6.45, 7) is 1.90. The SMILES string of the molecule is CC(NOC(=O)CS(=O)C(c1ccccc1)c1ccccc1)c1ccccc1. The second-order valence-electron chi connectivity index (χ2n) is 6.45. The van der Waals surface area contributed by atoms with Crippen LogP contribution in [0.1, 0.15) is 34.9 Å². The maximum absolute atomic E-state index is 13.1. The van der Waals surface area contributed by atoms with Gasteiger partial charge in [-0.05, 0) is 23.6 Å². The van der Waals surface area contributed by atoms with Crippen molar-refractivity contribution >= 4 is 16.8 Å². The van der Waals surface area contributed by atoms with E-state index in [1.54, 1.807) is 0 Å². The first kappa shape index (κ1) is 20.0. The number of hydrogen-bond donors (Lipinski definition) is 1. The molecule has 0 aliphatic rings. The van der Waals surface area contributed by atoms with Crippen LogP contribution in [0, 0.1) is 0 Å². The van der Waals surface area contributed by atoms with Crippen LogP contribution in [0.4, 0.5) is 0 Å². The Morgan fingerprint density at radius 3 is 1.71 bits per heavy atom. The lowest BCUT2D eigenvalue weighted by Gasteiger charge is -2.18. The van der Waals surface area contributed by atoms with Crippen molar-refractivity contribution in [2.45, 2.75) is 18.2 Å². The molecule has 0 bridgehead atoms. The monoisotopic (exact) mass is 393 g/mol. The Morgan fingerprint density at radius 2 is 1.25 bits per heavy atom. The minimum Gasteiger partial charge on any atom is -0.369 e. The molecule has 0 saturated heterocycles. The molecule has 28 heavy (non-hydrogen) atoms. The quantitative estimate of drug-likeness (QED) is 0.579. The molecule has 3 aromatic carbocycles. The maximum Gasteiger partial charge on any atom is 0.337 e. The van der Waals surface area contributed by atoms with E-state index >= 15 is 0 Å². The first-order chi connectivity index (χ1) is 13.6. The highest BCUT2D eigenvalue weighted by Crippen LogP contribution is 2.28. The van der Waals surface area contributed by atoms with E-state index in [4.69, 9.17) is 4.84 Å². The average molecular weight is 394 g/mol. The predicted octanol–water partition coefficient (Wildman–Crippen LogP) is 4.33. The van der Waals surface area contributed by atoms with E-state index in [-0.39, 0.29) is 17.0 Å². The Hall–Kier alpha value is -2.76. The van der Waals surface area contributed by atoms with Crippen LogP contribution in [-0.2, 0) is 20.4 Å². The lowest BCUT2D eigenvalue weighted by molar-refractivity contribution is -0.149. The van der Waals surface area contributed by atoms with Gasteiger partial charge in [0.05, 0.1) is 11.3 Å². The molecule has 144 valence electrons. The van der Waals surface area contributed by atoms with Crippen LogP contribution in [0.2, 0.25) is 0 Å². The van der Waals surface area contributed by atoms with Gasteiger partial charge in [-0.25, -0.2) is 4.79 Å². The highest BCUT2D eigenvalue weighted by molar-refractivity contribution is 7.86. The van der Waals surface area contributed by atoms with Gasteiger partial charge in [-0.15, -0.1) is 5.48 Å². The third-order valence-corrected chi connectivity index (χ3v) is 5.97. The summed E-state index contributed by atoms with van der Waals surface area (Å²) in [4.78, 5) is 17.4. The highest BCUT2D eigenvalue weighted by atomic mass is 32.2. The summed E-state index contributed by atoms with van der Waals surface area (Å²) in [6, 6.07) is 28.7. The fourth-order valence-corrected chi connectivity index (χ4v) is 4.32. The fourth-order valence-electron chi connectivity index (χ4n) is 2.94. The lowest BCUT2D eigenvalue weighted by atomic mass is 10.0. The molecule has 2 unspecified atom stereocenters. The number of hydroxylamine groups is 1. The molecule has 0 fully saturated rings. The van der Waals surface area contributed by atoms with Gasteiger partial charge in [0.2, 0.25) is 0 Å². The summed E-state index contributed by atoms with van der Waals surface area (Å²) in [5.74, 6) is -0.735. The first-order valence-electron chi connectivity index (χ1n) is 9.12. The van der Waals surface area contributed by atoms with Gasteiger partial charge in [0.25, 0.3) is 0 Å². The van der Waals surface area contributed by atoms with Crippen molar-refractivity contribution in [3.63, 3.8) is 0 Å². The molecule has 0 aliphatic heterocycles. The maximum atomic E-state index is 13.1. The number of hydrogen-bond acceptors (Lipinski definition) is 4. The molecular weight excluding hydrogens is 370 g/mol. The summed E-state index contributed by atoms with van der Waals surface area (Å²) in [5, 5.41) is -0.388.